The Hall–Kier alpha value is -1.55. The largest absolute Gasteiger partial charge is 0.507 e. The minimum Gasteiger partial charge on any atom is -0.507 e. The van der Waals surface area contributed by atoms with Gasteiger partial charge in [-0.3, -0.25) is 4.79 Å². The van der Waals surface area contributed by atoms with Gasteiger partial charge in [0.15, 0.2) is 0 Å². The molecule has 4 heteroatoms. The van der Waals surface area contributed by atoms with Gasteiger partial charge in [-0.1, -0.05) is 17.7 Å². The maximum Gasteiger partial charge on any atom is 0.309 e. The molecule has 1 rings (SSSR count). The zero-order chi connectivity index (χ0) is 14.8. The molecule has 1 aromatic carbocycles. The molecule has 106 valence electrons. The lowest BCUT2D eigenvalue weighted by Gasteiger charge is -2.21. The monoisotopic (exact) mass is 265 g/mol. The number of rotatable bonds is 5. The highest BCUT2D eigenvalue weighted by molar-refractivity contribution is 5.74. The number of benzene rings is 1. The normalized spacial score (nSPS) is 11.9. The molecule has 0 aromatic heterocycles. The molecule has 0 amide bonds. The fourth-order valence-corrected chi connectivity index (χ4v) is 2.08. The summed E-state index contributed by atoms with van der Waals surface area (Å²) in [6, 6.07) is 3.80. The molecule has 0 unspecified atom stereocenters. The summed E-state index contributed by atoms with van der Waals surface area (Å²) < 4.78 is 0. The molecule has 0 aliphatic rings. The summed E-state index contributed by atoms with van der Waals surface area (Å²) in [6.07, 6.45) is 0.316. The van der Waals surface area contributed by atoms with Gasteiger partial charge >= 0.3 is 5.97 Å². The van der Waals surface area contributed by atoms with Crippen molar-refractivity contribution in [3.8, 4) is 5.75 Å². The first-order valence-electron chi connectivity index (χ1n) is 6.33. The predicted octanol–water partition coefficient (Wildman–Crippen LogP) is 2.42. The molecule has 0 aliphatic heterocycles. The Morgan fingerprint density at radius 3 is 2.26 bits per heavy atom. The second-order valence-corrected chi connectivity index (χ2v) is 6.04. The van der Waals surface area contributed by atoms with Crippen molar-refractivity contribution >= 4 is 5.97 Å². The quantitative estimate of drug-likeness (QED) is 0.858. The van der Waals surface area contributed by atoms with Crippen LogP contribution in [0.2, 0.25) is 0 Å². The molecule has 1 aromatic rings. The number of carbonyl (C=O) groups is 1. The fraction of sp³-hybridized carbons (Fsp3) is 0.533. The molecule has 0 spiro atoms. The third-order valence-electron chi connectivity index (χ3n) is 3.11. The summed E-state index contributed by atoms with van der Waals surface area (Å²) in [5.41, 5.74) is 1.68. The van der Waals surface area contributed by atoms with Crippen LogP contribution < -0.4 is 0 Å². The number of aromatic hydroxyl groups is 1. The van der Waals surface area contributed by atoms with Crippen molar-refractivity contribution in [3.63, 3.8) is 0 Å². The zero-order valence-corrected chi connectivity index (χ0v) is 12.3. The second-order valence-electron chi connectivity index (χ2n) is 6.04. The standard InChI is InChI=1S/C15H23NO3/c1-10-6-11(8-15(2,3)14(18)19)13(17)12(7-10)9-16(4)5/h6-7,17H,8-9H2,1-5H3,(H,18,19). The number of carboxylic acid groups (broad SMARTS) is 1. The van der Waals surface area contributed by atoms with Crippen LogP contribution in [-0.2, 0) is 17.8 Å². The Bertz CT molecular complexity index is 479. The molecule has 4 nitrogen and oxygen atoms in total. The summed E-state index contributed by atoms with van der Waals surface area (Å²) in [5.74, 6) is -0.642. The first-order valence-corrected chi connectivity index (χ1v) is 6.33. The van der Waals surface area contributed by atoms with Crippen molar-refractivity contribution in [2.24, 2.45) is 5.41 Å². The van der Waals surface area contributed by atoms with Crippen molar-refractivity contribution in [3.05, 3.63) is 28.8 Å². The van der Waals surface area contributed by atoms with Crippen molar-refractivity contribution in [1.29, 1.82) is 0 Å². The molecular weight excluding hydrogens is 242 g/mol. The first kappa shape index (κ1) is 15.5. The smallest absolute Gasteiger partial charge is 0.309 e. The molecule has 0 saturated heterocycles. The van der Waals surface area contributed by atoms with Gasteiger partial charge in [0.1, 0.15) is 5.75 Å². The number of hydrogen-bond acceptors (Lipinski definition) is 3. The van der Waals surface area contributed by atoms with Crippen LogP contribution in [0.1, 0.15) is 30.5 Å². The van der Waals surface area contributed by atoms with Gasteiger partial charge in [0.25, 0.3) is 0 Å². The second kappa shape index (κ2) is 5.61. The van der Waals surface area contributed by atoms with Crippen LogP contribution in [-0.4, -0.2) is 35.2 Å². The lowest BCUT2D eigenvalue weighted by atomic mass is 9.84. The Balaban J connectivity index is 3.15. The molecule has 19 heavy (non-hydrogen) atoms. The van der Waals surface area contributed by atoms with E-state index in [0.29, 0.717) is 18.5 Å². The summed E-state index contributed by atoms with van der Waals surface area (Å²) in [5, 5.41) is 19.5. The van der Waals surface area contributed by atoms with Gasteiger partial charge in [-0.2, -0.15) is 0 Å². The van der Waals surface area contributed by atoms with E-state index in [1.807, 2.05) is 38.1 Å². The maximum absolute atomic E-state index is 11.2. The van der Waals surface area contributed by atoms with E-state index >= 15 is 0 Å². The Morgan fingerprint density at radius 2 is 1.79 bits per heavy atom. The minimum atomic E-state index is -0.888. The highest BCUT2D eigenvalue weighted by Crippen LogP contribution is 2.31. The molecule has 2 N–H and O–H groups in total. The SMILES string of the molecule is Cc1cc(CN(C)C)c(O)c(CC(C)(C)C(=O)O)c1. The summed E-state index contributed by atoms with van der Waals surface area (Å²) in [7, 11) is 3.87. The number of nitrogens with zero attached hydrogens (tertiary/aromatic N) is 1. The molecule has 0 fully saturated rings. The van der Waals surface area contributed by atoms with E-state index in [-0.39, 0.29) is 5.75 Å². The van der Waals surface area contributed by atoms with Crippen molar-refractivity contribution in [2.45, 2.75) is 33.7 Å². The Morgan fingerprint density at radius 1 is 1.26 bits per heavy atom. The van der Waals surface area contributed by atoms with Crippen molar-refractivity contribution in [2.75, 3.05) is 14.1 Å². The van der Waals surface area contributed by atoms with E-state index in [2.05, 4.69) is 0 Å². The van der Waals surface area contributed by atoms with Crippen LogP contribution in [0.15, 0.2) is 12.1 Å². The molecule has 0 bridgehead atoms. The Kier molecular flexibility index (Phi) is 4.58. The highest BCUT2D eigenvalue weighted by atomic mass is 16.4. The average Bonchev–Trinajstić information content (AvgIpc) is 2.23. The molecule has 0 saturated carbocycles. The van der Waals surface area contributed by atoms with Crippen molar-refractivity contribution < 1.29 is 15.0 Å². The zero-order valence-electron chi connectivity index (χ0n) is 12.3. The number of hydrogen-bond donors (Lipinski definition) is 2. The van der Waals surface area contributed by atoms with Crippen molar-refractivity contribution in [1.82, 2.24) is 4.90 Å². The van der Waals surface area contributed by atoms with E-state index in [9.17, 15) is 15.0 Å². The third-order valence-corrected chi connectivity index (χ3v) is 3.11. The van der Waals surface area contributed by atoms with Gasteiger partial charge in [-0.25, -0.2) is 0 Å². The number of aryl methyl sites for hydroxylation is 1. The van der Waals surface area contributed by atoms with E-state index in [1.54, 1.807) is 13.8 Å². The summed E-state index contributed by atoms with van der Waals surface area (Å²) >= 11 is 0. The van der Waals surface area contributed by atoms with Crippen LogP contribution in [0.25, 0.3) is 0 Å². The number of aliphatic carboxylic acids is 1. The van der Waals surface area contributed by atoms with Crippen LogP contribution in [0.3, 0.4) is 0 Å². The van der Waals surface area contributed by atoms with Crippen LogP contribution >= 0.6 is 0 Å². The van der Waals surface area contributed by atoms with Gasteiger partial charge < -0.3 is 15.1 Å². The average molecular weight is 265 g/mol. The van der Waals surface area contributed by atoms with E-state index < -0.39 is 11.4 Å². The van der Waals surface area contributed by atoms with Crippen LogP contribution in [0.5, 0.6) is 5.75 Å². The third kappa shape index (κ3) is 3.96. The fourth-order valence-electron chi connectivity index (χ4n) is 2.08. The minimum absolute atomic E-state index is 0.216. The van der Waals surface area contributed by atoms with Gasteiger partial charge in [-0.15, -0.1) is 0 Å². The lowest BCUT2D eigenvalue weighted by molar-refractivity contribution is -0.146. The number of phenolic OH excluding ortho intramolecular Hbond substituents is 1. The van der Waals surface area contributed by atoms with Gasteiger partial charge in [0.2, 0.25) is 0 Å². The topological polar surface area (TPSA) is 60.8 Å². The van der Waals surface area contributed by atoms with Crippen LogP contribution in [0.4, 0.5) is 0 Å². The molecule has 0 heterocycles. The number of phenols is 1. The lowest BCUT2D eigenvalue weighted by Crippen LogP contribution is -2.26. The van der Waals surface area contributed by atoms with Gasteiger partial charge in [0, 0.05) is 12.1 Å². The molecule has 0 radical (unpaired) electrons. The van der Waals surface area contributed by atoms with E-state index in [4.69, 9.17) is 0 Å². The van der Waals surface area contributed by atoms with Gasteiger partial charge in [0.05, 0.1) is 5.41 Å². The summed E-state index contributed by atoms with van der Waals surface area (Å²) in [6.45, 7) is 5.93. The van der Waals surface area contributed by atoms with Gasteiger partial charge in [-0.05, 0) is 46.9 Å². The molecular formula is C15H23NO3. The maximum atomic E-state index is 11.2. The predicted molar refractivity (Wildman–Crippen MR) is 75.4 cm³/mol. The molecule has 0 aliphatic carbocycles. The van der Waals surface area contributed by atoms with E-state index in [1.165, 1.54) is 0 Å². The first-order chi connectivity index (χ1) is 8.63. The highest BCUT2D eigenvalue weighted by Gasteiger charge is 2.29. The summed E-state index contributed by atoms with van der Waals surface area (Å²) in [4.78, 5) is 13.2. The van der Waals surface area contributed by atoms with Crippen LogP contribution in [0, 0.1) is 12.3 Å². The van der Waals surface area contributed by atoms with E-state index in [0.717, 1.165) is 11.1 Å². The Labute approximate surface area is 114 Å². The molecule has 0 atom stereocenters. The number of carboxylic acids is 1.